The van der Waals surface area contributed by atoms with E-state index in [-0.39, 0.29) is 17.9 Å². The molecule has 1 atom stereocenters. The van der Waals surface area contributed by atoms with Gasteiger partial charge in [-0.05, 0) is 37.3 Å². The number of H-pyrrole nitrogens is 1. The van der Waals surface area contributed by atoms with Crippen LogP contribution in [0.5, 0.6) is 0 Å². The Kier molecular flexibility index (Phi) is 3.80. The molecule has 1 aromatic carbocycles. The fourth-order valence-corrected chi connectivity index (χ4v) is 4.25. The number of aromatic nitrogens is 3. The maximum atomic E-state index is 12.7. The quantitative estimate of drug-likeness (QED) is 0.498. The van der Waals surface area contributed by atoms with Gasteiger partial charge in [0.05, 0.1) is 11.4 Å². The molecule has 28 heavy (non-hydrogen) atoms. The summed E-state index contributed by atoms with van der Waals surface area (Å²) in [5, 5.41) is 9.13. The Morgan fingerprint density at radius 2 is 2.21 bits per heavy atom. The third kappa shape index (κ3) is 2.69. The van der Waals surface area contributed by atoms with Gasteiger partial charge >= 0.3 is 0 Å². The van der Waals surface area contributed by atoms with Crippen LogP contribution in [-0.2, 0) is 0 Å². The summed E-state index contributed by atoms with van der Waals surface area (Å²) < 4.78 is 2.00. The van der Waals surface area contributed by atoms with Crippen molar-refractivity contribution in [3.8, 4) is 11.4 Å². The standard InChI is InChI=1S/C20H17N5O2S/c1-11-9-22-19(27)17-7-12-4-5-13(8-16(12)25(11)17)18(26)24-20-23-15(10-28-20)14-3-2-6-21-14/h2-8,10-11,21H,9H2,1H3,(H,22,27)(H,23,24,26). The second kappa shape index (κ2) is 6.35. The topological polar surface area (TPSA) is 91.8 Å². The molecular formula is C20H17N5O2S. The van der Waals surface area contributed by atoms with Crippen molar-refractivity contribution >= 4 is 39.2 Å². The number of nitrogens with zero attached hydrogens (tertiary/aromatic N) is 2. The normalized spacial score (nSPS) is 16.0. The Morgan fingerprint density at radius 1 is 1.32 bits per heavy atom. The van der Waals surface area contributed by atoms with Gasteiger partial charge in [0.15, 0.2) is 5.13 Å². The number of nitrogens with one attached hydrogen (secondary N) is 3. The summed E-state index contributed by atoms with van der Waals surface area (Å²) in [6.07, 6.45) is 1.83. The van der Waals surface area contributed by atoms with Crippen molar-refractivity contribution < 1.29 is 9.59 Å². The summed E-state index contributed by atoms with van der Waals surface area (Å²) in [5.74, 6) is -0.308. The van der Waals surface area contributed by atoms with E-state index in [0.717, 1.165) is 22.3 Å². The Balaban J connectivity index is 1.45. The Labute approximate surface area is 164 Å². The monoisotopic (exact) mass is 391 g/mol. The second-order valence-corrected chi connectivity index (χ2v) is 7.67. The predicted octanol–water partition coefficient (Wildman–Crippen LogP) is 3.65. The Morgan fingerprint density at radius 3 is 3.04 bits per heavy atom. The van der Waals surface area contributed by atoms with E-state index in [1.165, 1.54) is 11.3 Å². The summed E-state index contributed by atoms with van der Waals surface area (Å²) in [4.78, 5) is 32.4. The minimum absolute atomic E-state index is 0.0834. The van der Waals surface area contributed by atoms with Gasteiger partial charge in [0.2, 0.25) is 0 Å². The zero-order valence-corrected chi connectivity index (χ0v) is 15.8. The van der Waals surface area contributed by atoms with Crippen LogP contribution >= 0.6 is 11.3 Å². The first-order chi connectivity index (χ1) is 13.6. The van der Waals surface area contributed by atoms with Crippen LogP contribution in [0, 0.1) is 0 Å². The van der Waals surface area contributed by atoms with Gasteiger partial charge in [0, 0.05) is 40.6 Å². The van der Waals surface area contributed by atoms with E-state index < -0.39 is 0 Å². The molecule has 0 radical (unpaired) electrons. The molecule has 0 saturated heterocycles. The Bertz CT molecular complexity index is 1200. The van der Waals surface area contributed by atoms with E-state index >= 15 is 0 Å². The van der Waals surface area contributed by atoms with Crippen molar-refractivity contribution in [2.24, 2.45) is 0 Å². The van der Waals surface area contributed by atoms with Crippen LogP contribution in [0.2, 0.25) is 0 Å². The van der Waals surface area contributed by atoms with Gasteiger partial charge in [-0.1, -0.05) is 6.07 Å². The number of hydrogen-bond donors (Lipinski definition) is 3. The SMILES string of the molecule is CC1CNC(=O)c2cc3ccc(C(=O)Nc4nc(-c5ccc[nH]5)cs4)cc3n21. The summed E-state index contributed by atoms with van der Waals surface area (Å²) in [6.45, 7) is 2.62. The number of rotatable bonds is 3. The fourth-order valence-electron chi connectivity index (χ4n) is 3.55. The van der Waals surface area contributed by atoms with Crippen LogP contribution in [0.4, 0.5) is 5.13 Å². The first-order valence-electron chi connectivity index (χ1n) is 8.94. The molecule has 5 rings (SSSR count). The summed E-state index contributed by atoms with van der Waals surface area (Å²) in [5.41, 5.74) is 3.74. The van der Waals surface area contributed by atoms with Crippen LogP contribution in [0.25, 0.3) is 22.3 Å². The zero-order chi connectivity index (χ0) is 19.3. The molecule has 0 spiro atoms. The number of anilines is 1. The van der Waals surface area contributed by atoms with Gasteiger partial charge in [0.25, 0.3) is 11.8 Å². The van der Waals surface area contributed by atoms with Gasteiger partial charge in [0.1, 0.15) is 5.69 Å². The highest BCUT2D eigenvalue weighted by atomic mass is 32.1. The summed E-state index contributed by atoms with van der Waals surface area (Å²) in [7, 11) is 0. The van der Waals surface area contributed by atoms with Crippen molar-refractivity contribution in [3.63, 3.8) is 0 Å². The molecule has 0 bridgehead atoms. The van der Waals surface area contributed by atoms with Gasteiger partial charge < -0.3 is 14.9 Å². The molecule has 1 unspecified atom stereocenters. The van der Waals surface area contributed by atoms with E-state index in [0.29, 0.717) is 22.9 Å². The molecule has 140 valence electrons. The number of aromatic amines is 1. The number of fused-ring (bicyclic) bond motifs is 3. The van der Waals surface area contributed by atoms with Gasteiger partial charge in [-0.2, -0.15) is 0 Å². The maximum absolute atomic E-state index is 12.7. The molecule has 2 amide bonds. The van der Waals surface area contributed by atoms with Crippen molar-refractivity contribution in [3.05, 3.63) is 59.2 Å². The minimum atomic E-state index is -0.224. The zero-order valence-electron chi connectivity index (χ0n) is 15.0. The number of amides is 2. The third-order valence-corrected chi connectivity index (χ3v) is 5.69. The molecule has 4 aromatic rings. The molecule has 0 fully saturated rings. The summed E-state index contributed by atoms with van der Waals surface area (Å²) >= 11 is 1.38. The largest absolute Gasteiger partial charge is 0.360 e. The predicted molar refractivity (Wildman–Crippen MR) is 109 cm³/mol. The number of benzene rings is 1. The average molecular weight is 391 g/mol. The molecule has 7 nitrogen and oxygen atoms in total. The molecular weight excluding hydrogens is 374 g/mol. The number of hydrogen-bond acceptors (Lipinski definition) is 4. The van der Waals surface area contributed by atoms with Gasteiger partial charge in [-0.3, -0.25) is 14.9 Å². The van der Waals surface area contributed by atoms with Crippen molar-refractivity contribution in [2.75, 3.05) is 11.9 Å². The van der Waals surface area contributed by atoms with Crippen LogP contribution in [0.15, 0.2) is 48.0 Å². The van der Waals surface area contributed by atoms with Gasteiger partial charge in [-0.15, -0.1) is 11.3 Å². The average Bonchev–Trinajstić information content (AvgIpc) is 3.43. The van der Waals surface area contributed by atoms with E-state index in [4.69, 9.17) is 0 Å². The highest BCUT2D eigenvalue weighted by Crippen LogP contribution is 2.28. The van der Waals surface area contributed by atoms with Crippen LogP contribution in [0.3, 0.4) is 0 Å². The number of thiazole rings is 1. The molecule has 8 heteroatoms. The van der Waals surface area contributed by atoms with E-state index in [2.05, 4.69) is 20.6 Å². The van der Waals surface area contributed by atoms with Crippen molar-refractivity contribution in [1.29, 1.82) is 0 Å². The molecule has 1 aliphatic rings. The van der Waals surface area contributed by atoms with E-state index in [1.54, 1.807) is 6.07 Å². The number of carbonyl (C=O) groups excluding carboxylic acids is 2. The van der Waals surface area contributed by atoms with E-state index in [1.807, 2.05) is 53.4 Å². The minimum Gasteiger partial charge on any atom is -0.360 e. The third-order valence-electron chi connectivity index (χ3n) is 4.93. The summed E-state index contributed by atoms with van der Waals surface area (Å²) in [6, 6.07) is 11.3. The van der Waals surface area contributed by atoms with Crippen molar-refractivity contribution in [1.82, 2.24) is 19.9 Å². The van der Waals surface area contributed by atoms with Crippen molar-refractivity contribution in [2.45, 2.75) is 13.0 Å². The second-order valence-electron chi connectivity index (χ2n) is 6.81. The lowest BCUT2D eigenvalue weighted by Gasteiger charge is -2.24. The van der Waals surface area contributed by atoms with E-state index in [9.17, 15) is 9.59 Å². The smallest absolute Gasteiger partial charge is 0.268 e. The van der Waals surface area contributed by atoms with Crippen LogP contribution in [0.1, 0.15) is 33.8 Å². The molecule has 4 heterocycles. The highest BCUT2D eigenvalue weighted by molar-refractivity contribution is 7.14. The molecule has 3 aromatic heterocycles. The molecule has 0 saturated carbocycles. The Hall–Kier alpha value is -3.39. The lowest BCUT2D eigenvalue weighted by molar-refractivity contribution is 0.0919. The van der Waals surface area contributed by atoms with Crippen LogP contribution in [-0.4, -0.2) is 32.9 Å². The maximum Gasteiger partial charge on any atom is 0.268 e. The fraction of sp³-hybridized carbons (Fsp3) is 0.150. The van der Waals surface area contributed by atoms with Gasteiger partial charge in [-0.25, -0.2) is 4.98 Å². The lowest BCUT2D eigenvalue weighted by atomic mass is 10.1. The highest BCUT2D eigenvalue weighted by Gasteiger charge is 2.24. The first-order valence-corrected chi connectivity index (χ1v) is 9.82. The molecule has 0 aliphatic carbocycles. The van der Waals surface area contributed by atoms with Crippen LogP contribution < -0.4 is 10.6 Å². The first kappa shape index (κ1) is 16.8. The number of carbonyl (C=O) groups is 2. The molecule has 3 N–H and O–H groups in total. The lowest BCUT2D eigenvalue weighted by Crippen LogP contribution is -2.37. The molecule has 1 aliphatic heterocycles.